The van der Waals surface area contributed by atoms with E-state index in [0.717, 1.165) is 19.3 Å². The summed E-state index contributed by atoms with van der Waals surface area (Å²) in [4.78, 5) is 11.8. The first-order chi connectivity index (χ1) is 9.95. The van der Waals surface area contributed by atoms with Crippen molar-refractivity contribution < 1.29 is 27.5 Å². The molecule has 0 aliphatic heterocycles. The summed E-state index contributed by atoms with van der Waals surface area (Å²) in [5.74, 6) is -8.19. The molecule has 0 aromatic heterocycles. The standard InChI is InChI=1S/C14H15F4NO2/c15-10-4-9(11(16)13(18)12(10)17)14(21)19-5-7-2-1-3-8(7)6-20/h4,7-8,20H,1-3,5-6H2,(H,19,21). The van der Waals surface area contributed by atoms with Crippen LogP contribution in [0.4, 0.5) is 17.6 Å². The van der Waals surface area contributed by atoms with Gasteiger partial charge in [-0.05, 0) is 30.7 Å². The van der Waals surface area contributed by atoms with Crippen LogP contribution < -0.4 is 5.32 Å². The zero-order valence-corrected chi connectivity index (χ0v) is 11.1. The molecular formula is C14H15F4NO2. The van der Waals surface area contributed by atoms with Crippen LogP contribution in [0.1, 0.15) is 29.6 Å². The van der Waals surface area contributed by atoms with E-state index in [1.807, 2.05) is 0 Å². The Labute approximate surface area is 119 Å². The van der Waals surface area contributed by atoms with E-state index < -0.39 is 34.7 Å². The van der Waals surface area contributed by atoms with Gasteiger partial charge >= 0.3 is 0 Å². The Kier molecular flexibility index (Phi) is 4.82. The number of rotatable bonds is 4. The highest BCUT2D eigenvalue weighted by Crippen LogP contribution is 2.30. The molecule has 1 aromatic rings. The van der Waals surface area contributed by atoms with Gasteiger partial charge in [0.05, 0.1) is 5.56 Å². The highest BCUT2D eigenvalue weighted by molar-refractivity contribution is 5.94. The van der Waals surface area contributed by atoms with Crippen LogP contribution in [0, 0.1) is 35.1 Å². The lowest BCUT2D eigenvalue weighted by Crippen LogP contribution is -2.32. The number of aliphatic hydroxyl groups excluding tert-OH is 1. The predicted molar refractivity (Wildman–Crippen MR) is 66.5 cm³/mol. The van der Waals surface area contributed by atoms with Gasteiger partial charge in [-0.1, -0.05) is 6.42 Å². The summed E-state index contributed by atoms with van der Waals surface area (Å²) in [6, 6.07) is 0.335. The largest absolute Gasteiger partial charge is 0.396 e. The molecule has 21 heavy (non-hydrogen) atoms. The summed E-state index contributed by atoms with van der Waals surface area (Å²) in [6.45, 7) is 0.165. The first-order valence-corrected chi connectivity index (χ1v) is 6.67. The summed E-state index contributed by atoms with van der Waals surface area (Å²) >= 11 is 0. The van der Waals surface area contributed by atoms with Crippen molar-refractivity contribution in [1.82, 2.24) is 5.32 Å². The van der Waals surface area contributed by atoms with Crippen molar-refractivity contribution in [2.24, 2.45) is 11.8 Å². The fourth-order valence-electron chi connectivity index (χ4n) is 2.68. The van der Waals surface area contributed by atoms with Crippen LogP contribution in [0.15, 0.2) is 6.07 Å². The highest BCUT2D eigenvalue weighted by Gasteiger charge is 2.28. The molecule has 0 spiro atoms. The summed E-state index contributed by atoms with van der Waals surface area (Å²) in [5, 5.41) is 11.5. The van der Waals surface area contributed by atoms with E-state index in [2.05, 4.69) is 5.32 Å². The summed E-state index contributed by atoms with van der Waals surface area (Å²) in [7, 11) is 0. The normalized spacial score (nSPS) is 21.6. The molecule has 2 unspecified atom stereocenters. The van der Waals surface area contributed by atoms with E-state index in [-0.39, 0.29) is 25.0 Å². The lowest BCUT2D eigenvalue weighted by Gasteiger charge is -2.18. The Morgan fingerprint density at radius 2 is 1.81 bits per heavy atom. The van der Waals surface area contributed by atoms with Crippen molar-refractivity contribution in [3.63, 3.8) is 0 Å². The summed E-state index contributed by atoms with van der Waals surface area (Å²) < 4.78 is 52.4. The number of carbonyl (C=O) groups is 1. The third kappa shape index (κ3) is 3.18. The highest BCUT2D eigenvalue weighted by atomic mass is 19.2. The molecule has 116 valence electrons. The number of amides is 1. The molecule has 2 atom stereocenters. The Bertz CT molecular complexity index is 550. The van der Waals surface area contributed by atoms with E-state index in [4.69, 9.17) is 5.11 Å². The zero-order valence-electron chi connectivity index (χ0n) is 11.1. The Morgan fingerprint density at radius 1 is 1.14 bits per heavy atom. The predicted octanol–water partition coefficient (Wildman–Crippen LogP) is 2.38. The minimum Gasteiger partial charge on any atom is -0.396 e. The van der Waals surface area contributed by atoms with Crippen LogP contribution in [0.25, 0.3) is 0 Å². The van der Waals surface area contributed by atoms with Gasteiger partial charge < -0.3 is 10.4 Å². The first-order valence-electron chi connectivity index (χ1n) is 6.67. The third-order valence-corrected chi connectivity index (χ3v) is 3.92. The van der Waals surface area contributed by atoms with Gasteiger partial charge in [0.2, 0.25) is 0 Å². The first kappa shape index (κ1) is 15.8. The van der Waals surface area contributed by atoms with E-state index in [1.165, 1.54) is 0 Å². The van der Waals surface area contributed by atoms with Gasteiger partial charge in [0.1, 0.15) is 0 Å². The monoisotopic (exact) mass is 305 g/mol. The summed E-state index contributed by atoms with van der Waals surface area (Å²) in [5.41, 5.74) is -0.870. The van der Waals surface area contributed by atoms with E-state index in [0.29, 0.717) is 6.07 Å². The van der Waals surface area contributed by atoms with Crippen LogP contribution in [0.3, 0.4) is 0 Å². The van der Waals surface area contributed by atoms with Crippen molar-refractivity contribution in [3.05, 3.63) is 34.9 Å². The second-order valence-corrected chi connectivity index (χ2v) is 5.19. The third-order valence-electron chi connectivity index (χ3n) is 3.92. The molecule has 2 rings (SSSR count). The van der Waals surface area contributed by atoms with Crippen LogP contribution >= 0.6 is 0 Å². The Hall–Kier alpha value is -1.63. The Morgan fingerprint density at radius 3 is 2.48 bits per heavy atom. The molecule has 0 saturated heterocycles. The maximum Gasteiger partial charge on any atom is 0.254 e. The molecular weight excluding hydrogens is 290 g/mol. The number of benzene rings is 1. The van der Waals surface area contributed by atoms with Crippen molar-refractivity contribution >= 4 is 5.91 Å². The SMILES string of the molecule is O=C(NCC1CCCC1CO)c1cc(F)c(F)c(F)c1F. The van der Waals surface area contributed by atoms with Gasteiger partial charge in [0, 0.05) is 13.2 Å². The fraction of sp³-hybridized carbons (Fsp3) is 0.500. The second-order valence-electron chi connectivity index (χ2n) is 5.19. The van der Waals surface area contributed by atoms with Gasteiger partial charge in [0.25, 0.3) is 5.91 Å². The van der Waals surface area contributed by atoms with Crippen molar-refractivity contribution in [2.75, 3.05) is 13.2 Å². The molecule has 1 amide bonds. The van der Waals surface area contributed by atoms with Gasteiger partial charge in [-0.25, -0.2) is 17.6 Å². The lowest BCUT2D eigenvalue weighted by atomic mass is 9.97. The van der Waals surface area contributed by atoms with Gasteiger partial charge in [-0.3, -0.25) is 4.79 Å². The minimum atomic E-state index is -2.01. The smallest absolute Gasteiger partial charge is 0.254 e. The number of carbonyl (C=O) groups excluding carboxylic acids is 1. The number of nitrogens with one attached hydrogen (secondary N) is 1. The topological polar surface area (TPSA) is 49.3 Å². The molecule has 3 nitrogen and oxygen atoms in total. The van der Waals surface area contributed by atoms with E-state index in [1.54, 1.807) is 0 Å². The number of hydrogen-bond donors (Lipinski definition) is 2. The maximum absolute atomic E-state index is 13.5. The summed E-state index contributed by atoms with van der Waals surface area (Å²) in [6.07, 6.45) is 2.56. The molecule has 1 aromatic carbocycles. The molecule has 1 aliphatic carbocycles. The molecule has 0 bridgehead atoms. The van der Waals surface area contributed by atoms with Crippen molar-refractivity contribution in [1.29, 1.82) is 0 Å². The molecule has 1 aliphatic rings. The number of aliphatic hydroxyl groups is 1. The van der Waals surface area contributed by atoms with Crippen molar-refractivity contribution in [3.8, 4) is 0 Å². The number of hydrogen-bond acceptors (Lipinski definition) is 2. The molecule has 1 saturated carbocycles. The lowest BCUT2D eigenvalue weighted by molar-refractivity contribution is 0.0931. The molecule has 2 N–H and O–H groups in total. The molecule has 1 fully saturated rings. The fourth-order valence-corrected chi connectivity index (χ4v) is 2.68. The Balaban J connectivity index is 2.07. The number of halogens is 4. The quantitative estimate of drug-likeness (QED) is 0.510. The molecule has 0 heterocycles. The van der Waals surface area contributed by atoms with Crippen LogP contribution in [0.5, 0.6) is 0 Å². The average Bonchev–Trinajstić information content (AvgIpc) is 2.93. The second kappa shape index (κ2) is 6.43. The van der Waals surface area contributed by atoms with Gasteiger partial charge in [-0.15, -0.1) is 0 Å². The maximum atomic E-state index is 13.5. The van der Waals surface area contributed by atoms with E-state index in [9.17, 15) is 22.4 Å². The average molecular weight is 305 g/mol. The van der Waals surface area contributed by atoms with Crippen molar-refractivity contribution in [2.45, 2.75) is 19.3 Å². The van der Waals surface area contributed by atoms with Crippen LogP contribution in [-0.4, -0.2) is 24.2 Å². The molecule has 0 radical (unpaired) electrons. The van der Waals surface area contributed by atoms with Crippen LogP contribution in [0.2, 0.25) is 0 Å². The van der Waals surface area contributed by atoms with Gasteiger partial charge in [-0.2, -0.15) is 0 Å². The van der Waals surface area contributed by atoms with E-state index >= 15 is 0 Å². The van der Waals surface area contributed by atoms with Crippen LogP contribution in [-0.2, 0) is 0 Å². The zero-order chi connectivity index (χ0) is 15.6. The minimum absolute atomic E-state index is 0.00526. The molecule has 7 heteroatoms. The van der Waals surface area contributed by atoms with Gasteiger partial charge in [0.15, 0.2) is 23.3 Å².